The third kappa shape index (κ3) is 6.90. The van der Waals surface area contributed by atoms with Crippen molar-refractivity contribution in [2.24, 2.45) is 5.73 Å². The summed E-state index contributed by atoms with van der Waals surface area (Å²) in [7, 11) is 1.00. The second-order valence-corrected chi connectivity index (χ2v) is 2.58. The minimum absolute atomic E-state index is 0. The molecule has 0 rings (SSSR count). The van der Waals surface area contributed by atoms with Gasteiger partial charge in [0.2, 0.25) is 5.91 Å². The van der Waals surface area contributed by atoms with Crippen molar-refractivity contribution in [1.82, 2.24) is 0 Å². The first-order valence-electron chi connectivity index (χ1n) is 3.99. The monoisotopic (exact) mass is 263 g/mol. The molecule has 4 unspecified atom stereocenters. The Bertz CT molecular complexity index is 182. The van der Waals surface area contributed by atoms with Crippen LogP contribution in [0.25, 0.3) is 0 Å². The van der Waals surface area contributed by atoms with Gasteiger partial charge in [-0.3, -0.25) is 4.79 Å². The Morgan fingerprint density at radius 2 is 1.50 bits per heavy atom. The Labute approximate surface area is 98.4 Å². The molecule has 0 saturated heterocycles. The fraction of sp³-hybridized carbons (Fsp3) is 0.857. The van der Waals surface area contributed by atoms with Gasteiger partial charge in [-0.2, -0.15) is 0 Å². The van der Waals surface area contributed by atoms with Crippen LogP contribution < -0.4 is 5.73 Å². The van der Waals surface area contributed by atoms with Crippen LogP contribution in [0, 0.1) is 0 Å². The van der Waals surface area contributed by atoms with Crippen LogP contribution in [0.5, 0.6) is 0 Å². The van der Waals surface area contributed by atoms with Gasteiger partial charge in [0.25, 0.3) is 0 Å². The highest BCUT2D eigenvalue weighted by molar-refractivity contribution is 5.85. The van der Waals surface area contributed by atoms with E-state index in [4.69, 9.17) is 30.6 Å². The molecule has 0 aliphatic heterocycles. The molecule has 0 aromatic rings. The van der Waals surface area contributed by atoms with E-state index in [0.717, 1.165) is 7.11 Å². The largest absolute Gasteiger partial charge is 0.400 e. The smallest absolute Gasteiger partial charge is 0.249 e. The van der Waals surface area contributed by atoms with Gasteiger partial charge in [0.05, 0.1) is 6.61 Å². The molecule has 0 aliphatic rings. The minimum Gasteiger partial charge on any atom is -0.400 e. The standard InChI is InChI=1S/C6H13NO6.CH4O.ClH/c7-6(13)5(12)4(11)3(10)2(9)1-8;1-2;/h2-5,8-12H,1H2,(H2,7,13);2H,1H3;1H. The lowest BCUT2D eigenvalue weighted by Crippen LogP contribution is -2.50. The Morgan fingerprint density at radius 3 is 1.75 bits per heavy atom. The molecular weight excluding hydrogens is 246 g/mol. The van der Waals surface area contributed by atoms with Crippen LogP contribution in [0.15, 0.2) is 0 Å². The third-order valence-corrected chi connectivity index (χ3v) is 1.55. The van der Waals surface area contributed by atoms with Crippen molar-refractivity contribution in [1.29, 1.82) is 0 Å². The van der Waals surface area contributed by atoms with Crippen molar-refractivity contribution in [3.05, 3.63) is 0 Å². The maximum Gasteiger partial charge on any atom is 0.249 e. The zero-order chi connectivity index (χ0) is 12.6. The van der Waals surface area contributed by atoms with Gasteiger partial charge >= 0.3 is 0 Å². The molecule has 0 fully saturated rings. The van der Waals surface area contributed by atoms with Crippen LogP contribution >= 0.6 is 12.4 Å². The van der Waals surface area contributed by atoms with Gasteiger partial charge in [-0.05, 0) is 0 Å². The van der Waals surface area contributed by atoms with E-state index in [2.05, 4.69) is 5.73 Å². The summed E-state index contributed by atoms with van der Waals surface area (Å²) in [5, 5.41) is 51.0. The summed E-state index contributed by atoms with van der Waals surface area (Å²) in [6.45, 7) is -0.802. The summed E-state index contributed by atoms with van der Waals surface area (Å²) in [4.78, 5) is 10.3. The van der Waals surface area contributed by atoms with Gasteiger partial charge < -0.3 is 36.4 Å². The van der Waals surface area contributed by atoms with Crippen molar-refractivity contribution < 1.29 is 35.4 Å². The fourth-order valence-electron chi connectivity index (χ4n) is 0.691. The Kier molecular flexibility index (Phi) is 14.4. The molecule has 8 N–H and O–H groups in total. The molecule has 0 heterocycles. The Balaban J connectivity index is -0.000000529. The van der Waals surface area contributed by atoms with E-state index in [0.29, 0.717) is 0 Å². The molecular formula is C7H18ClNO7. The van der Waals surface area contributed by atoms with Crippen LogP contribution in [-0.2, 0) is 4.79 Å². The predicted molar refractivity (Wildman–Crippen MR) is 55.7 cm³/mol. The Hall–Kier alpha value is -0.480. The molecule has 0 aromatic carbocycles. The van der Waals surface area contributed by atoms with Crippen molar-refractivity contribution in [2.45, 2.75) is 24.4 Å². The van der Waals surface area contributed by atoms with Gasteiger partial charge in [-0.1, -0.05) is 0 Å². The second-order valence-electron chi connectivity index (χ2n) is 2.58. The number of carbonyl (C=O) groups excluding carboxylic acids is 1. The average Bonchev–Trinajstić information content (AvgIpc) is 2.27. The van der Waals surface area contributed by atoms with Gasteiger partial charge in [-0.15, -0.1) is 12.4 Å². The summed E-state index contributed by atoms with van der Waals surface area (Å²) >= 11 is 0. The molecule has 16 heavy (non-hydrogen) atoms. The summed E-state index contributed by atoms with van der Waals surface area (Å²) in [5.41, 5.74) is 4.61. The minimum atomic E-state index is -1.98. The van der Waals surface area contributed by atoms with Gasteiger partial charge in [0.1, 0.15) is 18.3 Å². The molecule has 0 saturated carbocycles. The Morgan fingerprint density at radius 1 is 1.12 bits per heavy atom. The van der Waals surface area contributed by atoms with Gasteiger partial charge in [0.15, 0.2) is 6.10 Å². The number of aliphatic hydroxyl groups is 6. The maximum absolute atomic E-state index is 10.3. The van der Waals surface area contributed by atoms with Gasteiger partial charge in [0, 0.05) is 7.11 Å². The number of hydrogen-bond donors (Lipinski definition) is 7. The first kappa shape index (κ1) is 20.9. The molecule has 0 spiro atoms. The highest BCUT2D eigenvalue weighted by Crippen LogP contribution is 2.04. The highest BCUT2D eigenvalue weighted by Gasteiger charge is 2.32. The topological polar surface area (TPSA) is 164 Å². The van der Waals surface area contributed by atoms with Crippen LogP contribution in [-0.4, -0.2) is 74.7 Å². The van der Waals surface area contributed by atoms with Crippen molar-refractivity contribution in [2.75, 3.05) is 13.7 Å². The van der Waals surface area contributed by atoms with E-state index in [9.17, 15) is 4.79 Å². The number of nitrogens with two attached hydrogens (primary N) is 1. The molecule has 0 bridgehead atoms. The molecule has 0 aromatic heterocycles. The van der Waals surface area contributed by atoms with Gasteiger partial charge in [-0.25, -0.2) is 0 Å². The molecule has 4 atom stereocenters. The summed E-state index contributed by atoms with van der Waals surface area (Å²) < 4.78 is 0. The molecule has 0 radical (unpaired) electrons. The third-order valence-electron chi connectivity index (χ3n) is 1.55. The number of hydrogen-bond acceptors (Lipinski definition) is 7. The van der Waals surface area contributed by atoms with E-state index in [1.807, 2.05) is 0 Å². The number of aliphatic hydroxyl groups excluding tert-OH is 6. The second kappa shape index (κ2) is 11.0. The summed E-state index contributed by atoms with van der Waals surface area (Å²) in [5.74, 6) is -1.23. The van der Waals surface area contributed by atoms with E-state index in [1.165, 1.54) is 0 Å². The molecule has 100 valence electrons. The zero-order valence-electron chi connectivity index (χ0n) is 8.59. The number of amides is 1. The lowest BCUT2D eigenvalue weighted by atomic mass is 10.0. The SMILES string of the molecule is CO.Cl.NC(=O)C(O)C(O)C(O)C(O)CO. The summed E-state index contributed by atoms with van der Waals surface area (Å²) in [6, 6.07) is 0. The fourth-order valence-corrected chi connectivity index (χ4v) is 0.691. The lowest BCUT2D eigenvalue weighted by molar-refractivity contribution is -0.146. The predicted octanol–water partition coefficient (Wildman–Crippen LogP) is -4.06. The molecule has 8 nitrogen and oxygen atoms in total. The van der Waals surface area contributed by atoms with E-state index < -0.39 is 36.9 Å². The zero-order valence-corrected chi connectivity index (χ0v) is 9.41. The van der Waals surface area contributed by atoms with Crippen molar-refractivity contribution >= 4 is 18.3 Å². The van der Waals surface area contributed by atoms with E-state index in [-0.39, 0.29) is 12.4 Å². The van der Waals surface area contributed by atoms with Crippen molar-refractivity contribution in [3.8, 4) is 0 Å². The molecule has 1 amide bonds. The van der Waals surface area contributed by atoms with E-state index in [1.54, 1.807) is 0 Å². The van der Waals surface area contributed by atoms with Crippen molar-refractivity contribution in [3.63, 3.8) is 0 Å². The van der Waals surface area contributed by atoms with Crippen LogP contribution in [0.4, 0.5) is 0 Å². The average molecular weight is 264 g/mol. The number of halogens is 1. The number of carbonyl (C=O) groups is 1. The normalized spacial score (nSPS) is 16.9. The first-order chi connectivity index (χ1) is 6.91. The maximum atomic E-state index is 10.3. The number of rotatable bonds is 5. The quantitative estimate of drug-likeness (QED) is 0.265. The first-order valence-corrected chi connectivity index (χ1v) is 3.99. The number of primary amides is 1. The molecule has 9 heteroatoms. The molecule has 0 aliphatic carbocycles. The van der Waals surface area contributed by atoms with Crippen LogP contribution in [0.2, 0.25) is 0 Å². The highest BCUT2D eigenvalue weighted by atomic mass is 35.5. The lowest BCUT2D eigenvalue weighted by Gasteiger charge is -2.23. The van der Waals surface area contributed by atoms with Crippen LogP contribution in [0.1, 0.15) is 0 Å². The van der Waals surface area contributed by atoms with Crippen LogP contribution in [0.3, 0.4) is 0 Å². The van der Waals surface area contributed by atoms with E-state index >= 15 is 0 Å². The summed E-state index contributed by atoms with van der Waals surface area (Å²) in [6.07, 6.45) is -7.35.